The molecule has 0 spiro atoms. The van der Waals surface area contributed by atoms with Crippen molar-refractivity contribution in [3.05, 3.63) is 101 Å². The Hall–Kier alpha value is -4.28. The summed E-state index contributed by atoms with van der Waals surface area (Å²) in [4.78, 5) is 27.3. The fourth-order valence-corrected chi connectivity index (χ4v) is 5.23. The summed E-state index contributed by atoms with van der Waals surface area (Å²) < 4.78 is 86.3. The van der Waals surface area contributed by atoms with Crippen molar-refractivity contribution in [1.29, 1.82) is 0 Å². The second kappa shape index (κ2) is 10.0. The number of rotatable bonds is 3. The molecule has 1 heterocycles. The molecule has 1 N–H and O–H groups in total. The summed E-state index contributed by atoms with van der Waals surface area (Å²) in [6.07, 6.45) is -9.81. The zero-order chi connectivity index (χ0) is 28.8. The summed E-state index contributed by atoms with van der Waals surface area (Å²) >= 11 is 0. The van der Waals surface area contributed by atoms with Crippen LogP contribution in [0.4, 0.5) is 37.7 Å². The molecule has 3 aromatic rings. The fraction of sp³-hybridized carbons (Fsp3) is 0.241. The maximum Gasteiger partial charge on any atom is 0.471 e. The minimum atomic E-state index is -5.25. The predicted molar refractivity (Wildman–Crippen MR) is 135 cm³/mol. The first-order valence-corrected chi connectivity index (χ1v) is 12.2. The average Bonchev–Trinajstić information content (AvgIpc) is 3.06. The SMILES string of the molecule is COc1ccc([C@H]2C3=C(C[C@@H](c4ccc(C(F)(F)F)cc4)CC3=O)Nc3ccccc3N2C(=O)C(F)(F)F)cc1. The number of anilines is 2. The molecule has 2 atom stereocenters. The lowest BCUT2D eigenvalue weighted by Crippen LogP contribution is -2.45. The number of Topliss-reactive ketones (excluding diaryl/α,β-unsaturated/α-hetero) is 1. The van der Waals surface area contributed by atoms with Crippen LogP contribution in [0.1, 0.15) is 41.5 Å². The average molecular weight is 560 g/mol. The van der Waals surface area contributed by atoms with E-state index in [1.807, 2.05) is 0 Å². The molecule has 5 rings (SSSR count). The number of para-hydroxylation sites is 2. The second-order valence-corrected chi connectivity index (χ2v) is 9.53. The minimum absolute atomic E-state index is 0.0119. The summed E-state index contributed by atoms with van der Waals surface area (Å²) in [6, 6.07) is 15.0. The van der Waals surface area contributed by atoms with E-state index in [1.165, 1.54) is 61.7 Å². The number of carbonyl (C=O) groups excluding carboxylic acids is 2. The lowest BCUT2D eigenvalue weighted by Gasteiger charge is -2.35. The van der Waals surface area contributed by atoms with Crippen LogP contribution in [0.3, 0.4) is 0 Å². The molecule has 40 heavy (non-hydrogen) atoms. The molecule has 0 radical (unpaired) electrons. The Balaban J connectivity index is 1.67. The van der Waals surface area contributed by atoms with Crippen LogP contribution in [0.5, 0.6) is 5.75 Å². The highest BCUT2D eigenvalue weighted by Gasteiger charge is 2.50. The number of alkyl halides is 6. The number of hydrogen-bond acceptors (Lipinski definition) is 4. The molecule has 0 unspecified atom stereocenters. The summed E-state index contributed by atoms with van der Waals surface area (Å²) in [5.41, 5.74) is 0.306. The van der Waals surface area contributed by atoms with E-state index in [0.29, 0.717) is 21.9 Å². The molecule has 0 aromatic heterocycles. The summed E-state index contributed by atoms with van der Waals surface area (Å²) in [5, 5.41) is 3.08. The van der Waals surface area contributed by atoms with Gasteiger partial charge in [0.05, 0.1) is 30.1 Å². The molecule has 11 heteroatoms. The molecule has 0 saturated carbocycles. The standard InChI is InChI=1S/C29H22F6N2O3/c1-40-20-12-8-17(9-13-20)26-25-22(36-21-4-2-3-5-23(21)37(26)27(39)29(33,34)35)14-18(15-24(25)38)16-6-10-19(11-7-16)28(30,31)32/h2-13,18,26,36H,14-15H2,1H3/t18-,26+/m1/s1. The van der Waals surface area contributed by atoms with Gasteiger partial charge in [-0.25, -0.2) is 0 Å². The van der Waals surface area contributed by atoms with Gasteiger partial charge in [-0.15, -0.1) is 0 Å². The number of methoxy groups -OCH3 is 1. The van der Waals surface area contributed by atoms with E-state index in [2.05, 4.69) is 5.32 Å². The number of amides is 1. The molecule has 5 nitrogen and oxygen atoms in total. The molecule has 0 saturated heterocycles. The van der Waals surface area contributed by atoms with Crippen LogP contribution in [0.2, 0.25) is 0 Å². The number of halogens is 6. The molecule has 1 aliphatic carbocycles. The van der Waals surface area contributed by atoms with E-state index in [-0.39, 0.29) is 35.4 Å². The number of allylic oxidation sites excluding steroid dienone is 1. The number of hydrogen-bond donors (Lipinski definition) is 1. The Morgan fingerprint density at radius 3 is 2.10 bits per heavy atom. The molecule has 0 bridgehead atoms. The van der Waals surface area contributed by atoms with Crippen LogP contribution in [-0.4, -0.2) is 25.0 Å². The maximum atomic E-state index is 14.0. The quantitative estimate of drug-likeness (QED) is 0.345. The van der Waals surface area contributed by atoms with E-state index in [1.54, 1.807) is 6.07 Å². The van der Waals surface area contributed by atoms with Crippen LogP contribution in [0.15, 0.2) is 84.1 Å². The van der Waals surface area contributed by atoms with Gasteiger partial charge in [0, 0.05) is 17.7 Å². The van der Waals surface area contributed by atoms with E-state index >= 15 is 0 Å². The van der Waals surface area contributed by atoms with Gasteiger partial charge < -0.3 is 10.1 Å². The third-order valence-electron chi connectivity index (χ3n) is 7.09. The Morgan fingerprint density at radius 1 is 0.875 bits per heavy atom. The number of benzene rings is 3. The van der Waals surface area contributed by atoms with E-state index < -0.39 is 41.6 Å². The van der Waals surface area contributed by atoms with E-state index in [0.717, 1.165) is 12.1 Å². The van der Waals surface area contributed by atoms with Gasteiger partial charge in [-0.3, -0.25) is 14.5 Å². The van der Waals surface area contributed by atoms with Crippen LogP contribution >= 0.6 is 0 Å². The van der Waals surface area contributed by atoms with Crippen molar-refractivity contribution in [1.82, 2.24) is 0 Å². The van der Waals surface area contributed by atoms with Crippen molar-refractivity contribution in [3.63, 3.8) is 0 Å². The first kappa shape index (κ1) is 27.3. The van der Waals surface area contributed by atoms with Gasteiger partial charge >= 0.3 is 18.3 Å². The highest BCUT2D eigenvalue weighted by Crippen LogP contribution is 2.48. The summed E-state index contributed by atoms with van der Waals surface area (Å²) in [5.74, 6) is -2.77. The van der Waals surface area contributed by atoms with Crippen molar-refractivity contribution in [2.45, 2.75) is 37.2 Å². The van der Waals surface area contributed by atoms with Crippen LogP contribution < -0.4 is 15.0 Å². The Morgan fingerprint density at radius 2 is 1.50 bits per heavy atom. The van der Waals surface area contributed by atoms with Gasteiger partial charge in [-0.1, -0.05) is 36.4 Å². The van der Waals surface area contributed by atoms with Gasteiger partial charge in [0.1, 0.15) is 5.75 Å². The smallest absolute Gasteiger partial charge is 0.471 e. The molecular weight excluding hydrogens is 538 g/mol. The van der Waals surface area contributed by atoms with Crippen LogP contribution in [0.25, 0.3) is 0 Å². The molecule has 0 fully saturated rings. The van der Waals surface area contributed by atoms with Gasteiger partial charge in [0.15, 0.2) is 5.78 Å². The van der Waals surface area contributed by atoms with Gasteiger partial charge in [-0.05, 0) is 59.9 Å². The number of ketones is 1. The first-order valence-electron chi connectivity index (χ1n) is 12.2. The lowest BCUT2D eigenvalue weighted by atomic mass is 9.78. The van der Waals surface area contributed by atoms with Gasteiger partial charge in [-0.2, -0.15) is 26.3 Å². The molecule has 208 valence electrons. The number of carbonyl (C=O) groups is 2. The normalized spacial score (nSPS) is 19.4. The van der Waals surface area contributed by atoms with Crippen molar-refractivity contribution in [2.24, 2.45) is 0 Å². The van der Waals surface area contributed by atoms with E-state index in [9.17, 15) is 35.9 Å². The second-order valence-electron chi connectivity index (χ2n) is 9.53. The first-order chi connectivity index (χ1) is 18.9. The van der Waals surface area contributed by atoms with Gasteiger partial charge in [0.2, 0.25) is 0 Å². The fourth-order valence-electron chi connectivity index (χ4n) is 5.23. The highest BCUT2D eigenvalue weighted by molar-refractivity contribution is 6.07. The largest absolute Gasteiger partial charge is 0.497 e. The topological polar surface area (TPSA) is 58.6 Å². The maximum absolute atomic E-state index is 14.0. The van der Waals surface area contributed by atoms with Gasteiger partial charge in [0.25, 0.3) is 0 Å². The predicted octanol–water partition coefficient (Wildman–Crippen LogP) is 7.18. The Kier molecular flexibility index (Phi) is 6.85. The molecule has 2 aliphatic rings. The number of ether oxygens (including phenoxy) is 1. The lowest BCUT2D eigenvalue weighted by molar-refractivity contribution is -0.170. The van der Waals surface area contributed by atoms with Crippen LogP contribution in [0, 0.1) is 0 Å². The zero-order valence-corrected chi connectivity index (χ0v) is 20.9. The number of fused-ring (bicyclic) bond motifs is 1. The Bertz CT molecular complexity index is 1480. The van der Waals surface area contributed by atoms with E-state index in [4.69, 9.17) is 4.74 Å². The van der Waals surface area contributed by atoms with Crippen LogP contribution in [-0.2, 0) is 15.8 Å². The molecule has 1 amide bonds. The molecular formula is C29H22F6N2O3. The van der Waals surface area contributed by atoms with Crippen molar-refractivity contribution < 1.29 is 40.7 Å². The highest BCUT2D eigenvalue weighted by atomic mass is 19.4. The minimum Gasteiger partial charge on any atom is -0.497 e. The number of nitrogens with one attached hydrogen (secondary N) is 1. The monoisotopic (exact) mass is 560 g/mol. The molecule has 1 aliphatic heterocycles. The summed E-state index contributed by atoms with van der Waals surface area (Å²) in [6.45, 7) is 0. The summed E-state index contributed by atoms with van der Waals surface area (Å²) in [7, 11) is 1.42. The van der Waals surface area contributed by atoms with Crippen molar-refractivity contribution in [3.8, 4) is 5.75 Å². The van der Waals surface area contributed by atoms with Crippen molar-refractivity contribution >= 4 is 23.1 Å². The molecule has 3 aromatic carbocycles. The van der Waals surface area contributed by atoms with Crippen molar-refractivity contribution in [2.75, 3.05) is 17.3 Å². The third-order valence-corrected chi connectivity index (χ3v) is 7.09. The Labute approximate surface area is 225 Å². The zero-order valence-electron chi connectivity index (χ0n) is 20.9. The number of nitrogens with zero attached hydrogens (tertiary/aromatic N) is 1. The third kappa shape index (κ3) is 5.03.